The van der Waals surface area contributed by atoms with Crippen LogP contribution in [0.15, 0.2) is 12.1 Å². The van der Waals surface area contributed by atoms with Gasteiger partial charge >= 0.3 is 0 Å². The van der Waals surface area contributed by atoms with Gasteiger partial charge in [0.05, 0.1) is 18.3 Å². The van der Waals surface area contributed by atoms with Gasteiger partial charge in [-0.15, -0.1) is 0 Å². The van der Waals surface area contributed by atoms with E-state index in [0.29, 0.717) is 5.69 Å². The first kappa shape index (κ1) is 14.4. The predicted molar refractivity (Wildman–Crippen MR) is 64.9 cm³/mol. The monoisotopic (exact) mass is 261 g/mol. The predicted octanol–water partition coefficient (Wildman–Crippen LogP) is 1.49. The molecule has 5 nitrogen and oxygen atoms in total. The fraction of sp³-hybridized carbons (Fsp3) is 0.545. The number of nitrogens with two attached hydrogens (primary N) is 1. The van der Waals surface area contributed by atoms with Crippen LogP contribution in [-0.2, 0) is 0 Å². The summed E-state index contributed by atoms with van der Waals surface area (Å²) in [5.41, 5.74) is 5.98. The van der Waals surface area contributed by atoms with Gasteiger partial charge in [-0.25, -0.2) is 8.78 Å². The Bertz CT molecular complexity index is 400. The number of halogens is 2. The second-order valence-electron chi connectivity index (χ2n) is 4.13. The van der Waals surface area contributed by atoms with Crippen molar-refractivity contribution in [2.75, 3.05) is 24.2 Å². The molecule has 1 rings (SSSR count). The van der Waals surface area contributed by atoms with Crippen LogP contribution in [0.25, 0.3) is 0 Å². The van der Waals surface area contributed by atoms with Crippen molar-refractivity contribution in [3.8, 4) is 5.88 Å². The van der Waals surface area contributed by atoms with Gasteiger partial charge in [-0.2, -0.15) is 4.98 Å². The lowest BCUT2D eigenvalue weighted by atomic mass is 10.3. The normalized spacial score (nSPS) is 11.7. The summed E-state index contributed by atoms with van der Waals surface area (Å²) in [6.45, 7) is 1.69. The number of nitrogens with one attached hydrogen (secondary N) is 1. The first-order chi connectivity index (χ1) is 8.34. The molecule has 0 saturated carbocycles. The van der Waals surface area contributed by atoms with E-state index in [4.69, 9.17) is 15.6 Å². The molecule has 18 heavy (non-hydrogen) atoms. The van der Waals surface area contributed by atoms with Crippen LogP contribution < -0.4 is 15.8 Å². The quantitative estimate of drug-likeness (QED) is 0.723. The summed E-state index contributed by atoms with van der Waals surface area (Å²) in [6.07, 6.45) is -0.117. The lowest BCUT2D eigenvalue weighted by molar-refractivity contribution is -0.0373. The summed E-state index contributed by atoms with van der Waals surface area (Å²) in [6, 6.07) is 2.99. The molecule has 4 N–H and O–H groups in total. The minimum absolute atomic E-state index is 0.117. The standard InChI is InChI=1S/C11H17F2N3O2/c1-7(2)18-10-8(14)3-4-9(16-10)15-5-11(12,13)6-17/h3-4,7,17H,5-6,14H2,1-2H3,(H,15,16). The maximum atomic E-state index is 12.8. The molecule has 0 amide bonds. The van der Waals surface area contributed by atoms with Crippen molar-refractivity contribution in [1.82, 2.24) is 4.98 Å². The average molecular weight is 261 g/mol. The summed E-state index contributed by atoms with van der Waals surface area (Å²) in [5.74, 6) is -2.78. The van der Waals surface area contributed by atoms with Gasteiger partial charge < -0.3 is 20.9 Å². The van der Waals surface area contributed by atoms with E-state index < -0.39 is 19.1 Å². The Hall–Kier alpha value is -1.63. The van der Waals surface area contributed by atoms with E-state index in [1.807, 2.05) is 0 Å². The highest BCUT2D eigenvalue weighted by Gasteiger charge is 2.27. The number of alkyl halides is 2. The van der Waals surface area contributed by atoms with E-state index in [1.165, 1.54) is 12.1 Å². The average Bonchev–Trinajstić information content (AvgIpc) is 2.30. The number of hydrogen-bond donors (Lipinski definition) is 3. The van der Waals surface area contributed by atoms with Crippen molar-refractivity contribution in [2.24, 2.45) is 0 Å². The number of aliphatic hydroxyl groups excluding tert-OH is 1. The summed E-state index contributed by atoms with van der Waals surface area (Å²) in [7, 11) is 0. The second kappa shape index (κ2) is 5.81. The Morgan fingerprint density at radius 3 is 2.72 bits per heavy atom. The summed E-state index contributed by atoms with van der Waals surface area (Å²) >= 11 is 0. The van der Waals surface area contributed by atoms with Crippen LogP contribution in [-0.4, -0.2) is 35.3 Å². The van der Waals surface area contributed by atoms with Crippen LogP contribution in [0.2, 0.25) is 0 Å². The Morgan fingerprint density at radius 2 is 2.17 bits per heavy atom. The SMILES string of the molecule is CC(C)Oc1nc(NCC(F)(F)CO)ccc1N. The Labute approximate surface area is 104 Å². The fourth-order valence-electron chi connectivity index (χ4n) is 1.14. The lowest BCUT2D eigenvalue weighted by Gasteiger charge is -2.16. The van der Waals surface area contributed by atoms with Gasteiger partial charge in [0.1, 0.15) is 12.4 Å². The van der Waals surface area contributed by atoms with Gasteiger partial charge in [0.15, 0.2) is 0 Å². The topological polar surface area (TPSA) is 80.4 Å². The molecule has 0 aliphatic rings. The van der Waals surface area contributed by atoms with Crippen molar-refractivity contribution in [3.63, 3.8) is 0 Å². The highest BCUT2D eigenvalue weighted by Crippen LogP contribution is 2.22. The minimum Gasteiger partial charge on any atom is -0.473 e. The number of rotatable bonds is 6. The van der Waals surface area contributed by atoms with Crippen LogP contribution in [0.5, 0.6) is 5.88 Å². The number of aliphatic hydroxyl groups is 1. The number of nitrogens with zero attached hydrogens (tertiary/aromatic N) is 1. The third-order valence-electron chi connectivity index (χ3n) is 2.00. The number of anilines is 2. The Kier molecular flexibility index (Phi) is 4.66. The number of pyridine rings is 1. The van der Waals surface area contributed by atoms with Crippen molar-refractivity contribution in [2.45, 2.75) is 25.9 Å². The largest absolute Gasteiger partial charge is 0.473 e. The molecule has 0 aromatic carbocycles. The highest BCUT2D eigenvalue weighted by atomic mass is 19.3. The van der Waals surface area contributed by atoms with Crippen LogP contribution in [0, 0.1) is 0 Å². The zero-order valence-corrected chi connectivity index (χ0v) is 10.3. The molecule has 0 unspecified atom stereocenters. The molecule has 0 atom stereocenters. The third-order valence-corrected chi connectivity index (χ3v) is 2.00. The molecule has 1 heterocycles. The van der Waals surface area contributed by atoms with Crippen molar-refractivity contribution >= 4 is 11.5 Å². The number of aromatic nitrogens is 1. The summed E-state index contributed by atoms with van der Waals surface area (Å²) in [5, 5.41) is 10.9. The molecule has 0 aliphatic carbocycles. The lowest BCUT2D eigenvalue weighted by Crippen LogP contribution is -2.31. The fourth-order valence-corrected chi connectivity index (χ4v) is 1.14. The van der Waals surface area contributed by atoms with E-state index in [0.717, 1.165) is 0 Å². The zero-order valence-electron chi connectivity index (χ0n) is 10.3. The molecule has 102 valence electrons. The van der Waals surface area contributed by atoms with E-state index in [-0.39, 0.29) is 17.8 Å². The van der Waals surface area contributed by atoms with Gasteiger partial charge in [-0.05, 0) is 26.0 Å². The van der Waals surface area contributed by atoms with Gasteiger partial charge in [-0.3, -0.25) is 0 Å². The first-order valence-corrected chi connectivity index (χ1v) is 5.50. The molecule has 0 bridgehead atoms. The Morgan fingerprint density at radius 1 is 1.50 bits per heavy atom. The summed E-state index contributed by atoms with van der Waals surface area (Å²) in [4.78, 5) is 3.98. The molecule has 0 spiro atoms. The molecule has 7 heteroatoms. The molecule has 0 fully saturated rings. The molecular weight excluding hydrogens is 244 g/mol. The van der Waals surface area contributed by atoms with Crippen molar-refractivity contribution in [3.05, 3.63) is 12.1 Å². The number of ether oxygens (including phenoxy) is 1. The van der Waals surface area contributed by atoms with E-state index >= 15 is 0 Å². The first-order valence-electron chi connectivity index (χ1n) is 5.50. The smallest absolute Gasteiger partial charge is 0.287 e. The second-order valence-corrected chi connectivity index (χ2v) is 4.13. The van der Waals surface area contributed by atoms with Crippen LogP contribution in [0.3, 0.4) is 0 Å². The Balaban J connectivity index is 2.73. The van der Waals surface area contributed by atoms with Gasteiger partial charge in [0, 0.05) is 0 Å². The molecule has 0 aliphatic heterocycles. The molecule has 0 saturated heterocycles. The maximum Gasteiger partial charge on any atom is 0.287 e. The van der Waals surface area contributed by atoms with E-state index in [9.17, 15) is 8.78 Å². The number of nitrogen functional groups attached to an aromatic ring is 1. The molecule has 1 aromatic rings. The molecule has 0 radical (unpaired) electrons. The molecular formula is C11H17F2N3O2. The van der Waals surface area contributed by atoms with E-state index in [1.54, 1.807) is 13.8 Å². The highest BCUT2D eigenvalue weighted by molar-refractivity contribution is 5.53. The minimum atomic E-state index is -3.19. The van der Waals surface area contributed by atoms with E-state index in [2.05, 4.69) is 10.3 Å². The van der Waals surface area contributed by atoms with Crippen molar-refractivity contribution in [1.29, 1.82) is 0 Å². The third kappa shape index (κ3) is 4.33. The van der Waals surface area contributed by atoms with Gasteiger partial charge in [0.25, 0.3) is 5.92 Å². The van der Waals surface area contributed by atoms with Crippen LogP contribution in [0.4, 0.5) is 20.3 Å². The van der Waals surface area contributed by atoms with Crippen LogP contribution in [0.1, 0.15) is 13.8 Å². The number of hydrogen-bond acceptors (Lipinski definition) is 5. The zero-order chi connectivity index (χ0) is 13.8. The van der Waals surface area contributed by atoms with Gasteiger partial charge in [0.2, 0.25) is 5.88 Å². The summed E-state index contributed by atoms with van der Waals surface area (Å²) < 4.78 is 31.0. The molecule has 1 aromatic heterocycles. The maximum absolute atomic E-state index is 12.8. The van der Waals surface area contributed by atoms with Crippen molar-refractivity contribution < 1.29 is 18.6 Å². The van der Waals surface area contributed by atoms with Gasteiger partial charge in [-0.1, -0.05) is 0 Å². The van der Waals surface area contributed by atoms with Crippen LogP contribution >= 0.6 is 0 Å².